The summed E-state index contributed by atoms with van der Waals surface area (Å²) in [6.07, 6.45) is 2.49. The van der Waals surface area contributed by atoms with Crippen LogP contribution in [0.3, 0.4) is 0 Å². The van der Waals surface area contributed by atoms with Gasteiger partial charge in [-0.15, -0.1) is 0 Å². The molecule has 1 rings (SSSR count). The van der Waals surface area contributed by atoms with Crippen LogP contribution in [-0.2, 0) is 0 Å². The highest BCUT2D eigenvalue weighted by molar-refractivity contribution is 8.14. The lowest BCUT2D eigenvalue weighted by Gasteiger charge is -2.20. The summed E-state index contributed by atoms with van der Waals surface area (Å²) in [5.41, 5.74) is 0. The van der Waals surface area contributed by atoms with Crippen molar-refractivity contribution < 1.29 is 0 Å². The van der Waals surface area contributed by atoms with E-state index in [4.69, 9.17) is 4.99 Å². The molecule has 0 amide bonds. The number of nitrogens with zero attached hydrogens (tertiary/aromatic N) is 2. The van der Waals surface area contributed by atoms with Crippen molar-refractivity contribution in [3.8, 4) is 0 Å². The monoisotopic (exact) mass is 285 g/mol. The van der Waals surface area contributed by atoms with E-state index >= 15 is 0 Å². The molecule has 2 atom stereocenters. The normalized spacial score (nSPS) is 21.0. The van der Waals surface area contributed by atoms with Crippen LogP contribution in [0.2, 0.25) is 0 Å². The van der Waals surface area contributed by atoms with Crippen molar-refractivity contribution in [2.45, 2.75) is 59.5 Å². The molecule has 1 aliphatic heterocycles. The molecule has 4 heteroatoms. The minimum absolute atomic E-state index is 0.510. The summed E-state index contributed by atoms with van der Waals surface area (Å²) >= 11 is 1.88. The lowest BCUT2D eigenvalue weighted by Crippen LogP contribution is -2.31. The van der Waals surface area contributed by atoms with Gasteiger partial charge in [0, 0.05) is 11.8 Å². The minimum atomic E-state index is 0.510. The third-order valence-corrected chi connectivity index (χ3v) is 4.82. The van der Waals surface area contributed by atoms with Crippen molar-refractivity contribution >= 4 is 16.9 Å². The zero-order valence-electron chi connectivity index (χ0n) is 13.3. The van der Waals surface area contributed by atoms with E-state index in [9.17, 15) is 0 Å². The molecule has 3 nitrogen and oxygen atoms in total. The van der Waals surface area contributed by atoms with Crippen molar-refractivity contribution in [1.82, 2.24) is 10.2 Å². The zero-order valence-corrected chi connectivity index (χ0v) is 14.1. The van der Waals surface area contributed by atoms with Gasteiger partial charge in [0.1, 0.15) is 0 Å². The Labute approximate surface area is 123 Å². The standard InChI is InChI=1S/C15H31N3S/c1-6-18(7-2)10-8-9-13(5)16-15-17-14(11-19-15)12(3)4/h12-14H,6-11H2,1-5H3,(H,16,17)/t13?,14-/m1/s1. The van der Waals surface area contributed by atoms with Crippen molar-refractivity contribution in [2.24, 2.45) is 10.9 Å². The first-order chi connectivity index (χ1) is 9.06. The molecule has 1 N–H and O–H groups in total. The summed E-state index contributed by atoms with van der Waals surface area (Å²) in [7, 11) is 0. The topological polar surface area (TPSA) is 27.6 Å². The molecule has 0 bridgehead atoms. The van der Waals surface area contributed by atoms with Crippen LogP contribution in [0.1, 0.15) is 47.5 Å². The zero-order chi connectivity index (χ0) is 14.3. The molecule has 0 aromatic rings. The fourth-order valence-electron chi connectivity index (χ4n) is 2.25. The Morgan fingerprint density at radius 1 is 1.32 bits per heavy atom. The van der Waals surface area contributed by atoms with Gasteiger partial charge in [-0.2, -0.15) is 0 Å². The largest absolute Gasteiger partial charge is 0.362 e. The van der Waals surface area contributed by atoms with E-state index in [-0.39, 0.29) is 0 Å². The molecule has 0 radical (unpaired) electrons. The Morgan fingerprint density at radius 2 is 2.00 bits per heavy atom. The second-order valence-electron chi connectivity index (χ2n) is 5.77. The Bertz CT molecular complexity index is 275. The summed E-state index contributed by atoms with van der Waals surface area (Å²) in [5, 5.41) is 4.73. The summed E-state index contributed by atoms with van der Waals surface area (Å²) in [5.74, 6) is 1.80. The lowest BCUT2D eigenvalue weighted by atomic mass is 10.1. The van der Waals surface area contributed by atoms with Gasteiger partial charge in [0.15, 0.2) is 5.17 Å². The second-order valence-corrected chi connectivity index (χ2v) is 6.78. The molecular formula is C15H31N3S. The van der Waals surface area contributed by atoms with Gasteiger partial charge in [0.2, 0.25) is 0 Å². The van der Waals surface area contributed by atoms with Crippen LogP contribution >= 0.6 is 11.8 Å². The molecule has 19 heavy (non-hydrogen) atoms. The van der Waals surface area contributed by atoms with Crippen molar-refractivity contribution in [3.05, 3.63) is 0 Å². The Hall–Kier alpha value is -0.220. The van der Waals surface area contributed by atoms with Crippen LogP contribution < -0.4 is 5.32 Å². The number of rotatable bonds is 8. The number of aliphatic imine (C=N–C) groups is 1. The maximum Gasteiger partial charge on any atom is 0.157 e. The maximum absolute atomic E-state index is 4.76. The number of nitrogens with one attached hydrogen (secondary N) is 1. The average molecular weight is 286 g/mol. The predicted octanol–water partition coefficient (Wildman–Crippen LogP) is 3.21. The first-order valence-electron chi connectivity index (χ1n) is 7.76. The number of hydrogen-bond donors (Lipinski definition) is 1. The van der Waals surface area contributed by atoms with E-state index in [1.54, 1.807) is 0 Å². The Balaban J connectivity index is 2.21. The van der Waals surface area contributed by atoms with Gasteiger partial charge in [0.25, 0.3) is 0 Å². The lowest BCUT2D eigenvalue weighted by molar-refractivity contribution is 0.293. The van der Waals surface area contributed by atoms with Crippen molar-refractivity contribution in [2.75, 3.05) is 25.4 Å². The molecule has 0 aromatic carbocycles. The van der Waals surface area contributed by atoms with Crippen LogP contribution in [0.4, 0.5) is 0 Å². The van der Waals surface area contributed by atoms with E-state index in [1.165, 1.54) is 19.4 Å². The fourth-order valence-corrected chi connectivity index (χ4v) is 3.54. The highest BCUT2D eigenvalue weighted by Gasteiger charge is 2.21. The smallest absolute Gasteiger partial charge is 0.157 e. The van der Waals surface area contributed by atoms with Gasteiger partial charge in [-0.3, -0.25) is 4.99 Å². The predicted molar refractivity (Wildman–Crippen MR) is 88.1 cm³/mol. The van der Waals surface area contributed by atoms with E-state index in [0.29, 0.717) is 18.0 Å². The number of amidine groups is 1. The molecule has 1 unspecified atom stereocenters. The molecule has 1 heterocycles. The summed E-state index contributed by atoms with van der Waals surface area (Å²) in [6, 6.07) is 1.04. The SMILES string of the molecule is CCN(CC)CCCC(C)NC1=N[C@@H](C(C)C)CS1. The van der Waals surface area contributed by atoms with Crippen LogP contribution in [0.25, 0.3) is 0 Å². The molecule has 0 fully saturated rings. The fraction of sp³-hybridized carbons (Fsp3) is 0.933. The van der Waals surface area contributed by atoms with Crippen molar-refractivity contribution in [3.63, 3.8) is 0 Å². The van der Waals surface area contributed by atoms with E-state index in [2.05, 4.69) is 44.8 Å². The van der Waals surface area contributed by atoms with Gasteiger partial charge < -0.3 is 10.2 Å². The molecule has 112 valence electrons. The summed E-state index contributed by atoms with van der Waals surface area (Å²) < 4.78 is 0. The van der Waals surface area contributed by atoms with Crippen LogP contribution in [-0.4, -0.2) is 47.5 Å². The maximum atomic E-state index is 4.76. The van der Waals surface area contributed by atoms with Gasteiger partial charge >= 0.3 is 0 Å². The highest BCUT2D eigenvalue weighted by atomic mass is 32.2. The first kappa shape index (κ1) is 16.8. The van der Waals surface area contributed by atoms with E-state index in [1.807, 2.05) is 11.8 Å². The van der Waals surface area contributed by atoms with E-state index < -0.39 is 0 Å². The Morgan fingerprint density at radius 3 is 2.53 bits per heavy atom. The Kier molecular flexibility index (Phi) is 7.84. The van der Waals surface area contributed by atoms with Crippen molar-refractivity contribution in [1.29, 1.82) is 0 Å². The molecule has 0 aliphatic carbocycles. The molecule has 0 spiro atoms. The number of thioether (sulfide) groups is 1. The van der Waals surface area contributed by atoms with E-state index in [0.717, 1.165) is 24.0 Å². The first-order valence-corrected chi connectivity index (χ1v) is 8.74. The van der Waals surface area contributed by atoms with Crippen LogP contribution in [0.5, 0.6) is 0 Å². The second kappa shape index (κ2) is 8.85. The third-order valence-electron chi connectivity index (χ3n) is 3.82. The summed E-state index contributed by atoms with van der Waals surface area (Å²) in [4.78, 5) is 7.25. The van der Waals surface area contributed by atoms with Gasteiger partial charge in [-0.25, -0.2) is 0 Å². The van der Waals surface area contributed by atoms with Gasteiger partial charge in [0.05, 0.1) is 6.04 Å². The minimum Gasteiger partial charge on any atom is -0.362 e. The number of hydrogen-bond acceptors (Lipinski definition) is 4. The molecular weight excluding hydrogens is 254 g/mol. The highest BCUT2D eigenvalue weighted by Crippen LogP contribution is 2.22. The van der Waals surface area contributed by atoms with Crippen LogP contribution in [0.15, 0.2) is 4.99 Å². The molecule has 1 aliphatic rings. The quantitative estimate of drug-likeness (QED) is 0.742. The molecule has 0 saturated carbocycles. The molecule has 0 saturated heterocycles. The third kappa shape index (κ3) is 6.17. The van der Waals surface area contributed by atoms with Crippen LogP contribution in [0, 0.1) is 5.92 Å². The van der Waals surface area contributed by atoms with Gasteiger partial charge in [-0.05, 0) is 45.3 Å². The van der Waals surface area contributed by atoms with Gasteiger partial charge in [-0.1, -0.05) is 39.5 Å². The average Bonchev–Trinajstić information content (AvgIpc) is 2.83. The summed E-state index contributed by atoms with van der Waals surface area (Å²) in [6.45, 7) is 14.8. The molecule has 0 aromatic heterocycles.